The predicted molar refractivity (Wildman–Crippen MR) is 102 cm³/mol. The van der Waals surface area contributed by atoms with Crippen LogP contribution in [-0.4, -0.2) is 35.7 Å². The van der Waals surface area contributed by atoms with Crippen molar-refractivity contribution in [2.75, 3.05) is 19.7 Å². The van der Waals surface area contributed by atoms with E-state index in [-0.39, 0.29) is 41.4 Å². The molecule has 0 saturated heterocycles. The monoisotopic (exact) mass is 436 g/mol. The summed E-state index contributed by atoms with van der Waals surface area (Å²) in [6.07, 6.45) is 3.92. The van der Waals surface area contributed by atoms with E-state index in [2.05, 4.69) is 41.4 Å². The Hall–Kier alpha value is -0.830. The van der Waals surface area contributed by atoms with Crippen LogP contribution in [0.15, 0.2) is 15.6 Å². The largest absolute Gasteiger partial charge is 0.443 e. The highest BCUT2D eigenvalue weighted by Gasteiger charge is 2.41. The molecule has 1 saturated carbocycles. The van der Waals surface area contributed by atoms with Gasteiger partial charge in [0.2, 0.25) is 5.89 Å². The van der Waals surface area contributed by atoms with Crippen LogP contribution in [0.3, 0.4) is 0 Å². The molecule has 1 heterocycles. The van der Waals surface area contributed by atoms with Crippen LogP contribution < -0.4 is 10.6 Å². The molecule has 2 rings (SSSR count). The number of aliphatic hydroxyl groups excluding tert-OH is 1. The lowest BCUT2D eigenvalue weighted by Crippen LogP contribution is -2.41. The van der Waals surface area contributed by atoms with Gasteiger partial charge in [0.25, 0.3) is 0 Å². The summed E-state index contributed by atoms with van der Waals surface area (Å²) < 4.78 is 5.74. The maximum absolute atomic E-state index is 9.36. The number of oxazole rings is 1. The van der Waals surface area contributed by atoms with Gasteiger partial charge >= 0.3 is 0 Å². The number of aromatic nitrogens is 1. The molecule has 0 amide bonds. The highest BCUT2D eigenvalue weighted by Crippen LogP contribution is 2.44. The number of nitrogens with zero attached hydrogens (tertiary/aromatic N) is 2. The Labute approximate surface area is 155 Å². The Kier molecular flexibility index (Phi) is 7.31. The Morgan fingerprint density at radius 2 is 2.09 bits per heavy atom. The van der Waals surface area contributed by atoms with Crippen molar-refractivity contribution >= 4 is 29.9 Å². The first-order valence-electron chi connectivity index (χ1n) is 7.97. The molecule has 0 aliphatic heterocycles. The van der Waals surface area contributed by atoms with Gasteiger partial charge in [0.15, 0.2) is 5.96 Å². The highest BCUT2D eigenvalue weighted by atomic mass is 127. The molecule has 1 aliphatic carbocycles. The van der Waals surface area contributed by atoms with Crippen LogP contribution in [0.5, 0.6) is 0 Å². The van der Waals surface area contributed by atoms with Crippen molar-refractivity contribution in [3.63, 3.8) is 0 Å². The third-order valence-corrected chi connectivity index (χ3v) is 3.93. The van der Waals surface area contributed by atoms with E-state index in [1.54, 1.807) is 6.20 Å². The fourth-order valence-corrected chi connectivity index (χ4v) is 2.06. The summed E-state index contributed by atoms with van der Waals surface area (Å²) in [7, 11) is 0. The first-order valence-corrected chi connectivity index (χ1v) is 7.97. The summed E-state index contributed by atoms with van der Waals surface area (Å²) in [4.78, 5) is 8.78. The van der Waals surface area contributed by atoms with E-state index in [9.17, 15) is 5.11 Å². The number of guanidine groups is 1. The minimum atomic E-state index is -0.0445. The number of aliphatic hydroxyl groups is 1. The van der Waals surface area contributed by atoms with Crippen LogP contribution in [-0.2, 0) is 12.0 Å². The average molecular weight is 436 g/mol. The smallest absolute Gasteiger partial charge is 0.216 e. The van der Waals surface area contributed by atoms with Gasteiger partial charge in [-0.1, -0.05) is 20.8 Å². The van der Waals surface area contributed by atoms with Crippen LogP contribution in [0, 0.1) is 5.41 Å². The molecule has 0 unspecified atom stereocenters. The number of hydrogen-bond acceptors (Lipinski definition) is 4. The molecule has 0 radical (unpaired) electrons. The molecule has 6 nitrogen and oxygen atoms in total. The van der Waals surface area contributed by atoms with Crippen molar-refractivity contribution in [1.82, 2.24) is 15.6 Å². The standard InChI is InChI=1S/C16H28N4O2.HI/c1-5-17-14(20-10-16(11-21)6-7-16)19-9-13-18-8-12(22-13)15(2,3)4;/h8,21H,5-7,9-11H2,1-4H3,(H2,17,19,20);1H. The fraction of sp³-hybridized carbons (Fsp3) is 0.750. The zero-order chi connectivity index (χ0) is 16.2. The quantitative estimate of drug-likeness (QED) is 0.363. The van der Waals surface area contributed by atoms with Crippen molar-refractivity contribution in [2.45, 2.75) is 52.5 Å². The Balaban J connectivity index is 0.00000264. The minimum Gasteiger partial charge on any atom is -0.443 e. The lowest BCUT2D eigenvalue weighted by Gasteiger charge is -2.16. The van der Waals surface area contributed by atoms with E-state index in [1.165, 1.54) is 0 Å². The Morgan fingerprint density at radius 3 is 2.57 bits per heavy atom. The molecule has 0 bridgehead atoms. The van der Waals surface area contributed by atoms with Gasteiger partial charge in [-0.25, -0.2) is 9.98 Å². The van der Waals surface area contributed by atoms with Crippen LogP contribution >= 0.6 is 24.0 Å². The third kappa shape index (κ3) is 5.95. The van der Waals surface area contributed by atoms with Gasteiger partial charge < -0.3 is 20.2 Å². The van der Waals surface area contributed by atoms with Gasteiger partial charge in [0.1, 0.15) is 12.3 Å². The lowest BCUT2D eigenvalue weighted by atomic mass is 9.94. The molecule has 1 aromatic rings. The summed E-state index contributed by atoms with van der Waals surface area (Å²) in [5, 5.41) is 15.9. The van der Waals surface area contributed by atoms with Crippen molar-refractivity contribution < 1.29 is 9.52 Å². The zero-order valence-electron chi connectivity index (χ0n) is 14.5. The number of rotatable bonds is 6. The maximum Gasteiger partial charge on any atom is 0.216 e. The second kappa shape index (κ2) is 8.32. The maximum atomic E-state index is 9.36. The lowest BCUT2D eigenvalue weighted by molar-refractivity contribution is 0.212. The minimum absolute atomic E-state index is 0. The third-order valence-electron chi connectivity index (χ3n) is 3.93. The van der Waals surface area contributed by atoms with Crippen molar-refractivity contribution in [3.8, 4) is 0 Å². The van der Waals surface area contributed by atoms with Gasteiger partial charge in [-0.05, 0) is 19.8 Å². The summed E-state index contributed by atoms with van der Waals surface area (Å²) in [5.74, 6) is 2.22. The van der Waals surface area contributed by atoms with Crippen LogP contribution in [0.4, 0.5) is 0 Å². The molecule has 1 aromatic heterocycles. The van der Waals surface area contributed by atoms with E-state index in [0.29, 0.717) is 12.4 Å². The fourth-order valence-electron chi connectivity index (χ4n) is 2.06. The van der Waals surface area contributed by atoms with E-state index in [1.807, 2.05) is 6.92 Å². The number of nitrogens with one attached hydrogen (secondary N) is 2. The normalized spacial score (nSPS) is 16.7. The SMILES string of the molecule is CCNC(=NCc1ncc(C(C)(C)C)o1)NCC1(CO)CC1.I. The molecule has 0 aromatic carbocycles. The van der Waals surface area contributed by atoms with Gasteiger partial charge in [0, 0.05) is 23.9 Å². The number of aliphatic imine (C=N–C) groups is 1. The second-order valence-electron chi connectivity index (χ2n) is 7.08. The molecule has 1 aliphatic rings. The summed E-state index contributed by atoms with van der Waals surface area (Å²) in [5.41, 5.74) is 0.00964. The van der Waals surface area contributed by atoms with E-state index in [0.717, 1.165) is 37.7 Å². The van der Waals surface area contributed by atoms with Gasteiger partial charge in [-0.2, -0.15) is 0 Å². The molecule has 23 heavy (non-hydrogen) atoms. The number of halogens is 1. The molecule has 3 N–H and O–H groups in total. The van der Waals surface area contributed by atoms with Gasteiger partial charge in [-0.15, -0.1) is 24.0 Å². The summed E-state index contributed by atoms with van der Waals surface area (Å²) in [6.45, 7) is 10.5. The van der Waals surface area contributed by atoms with Crippen LogP contribution in [0.1, 0.15) is 52.2 Å². The first-order chi connectivity index (χ1) is 10.4. The zero-order valence-corrected chi connectivity index (χ0v) is 16.8. The van der Waals surface area contributed by atoms with Crippen molar-refractivity contribution in [2.24, 2.45) is 10.4 Å². The van der Waals surface area contributed by atoms with Gasteiger partial charge in [0.05, 0.1) is 12.8 Å². The van der Waals surface area contributed by atoms with E-state index >= 15 is 0 Å². The predicted octanol–water partition coefficient (Wildman–Crippen LogP) is 2.42. The van der Waals surface area contributed by atoms with E-state index < -0.39 is 0 Å². The molecule has 7 heteroatoms. The summed E-state index contributed by atoms with van der Waals surface area (Å²) >= 11 is 0. The Bertz CT molecular complexity index is 518. The topological polar surface area (TPSA) is 82.7 Å². The molecular weight excluding hydrogens is 407 g/mol. The molecule has 132 valence electrons. The summed E-state index contributed by atoms with van der Waals surface area (Å²) in [6, 6.07) is 0. The van der Waals surface area contributed by atoms with Crippen LogP contribution in [0.25, 0.3) is 0 Å². The molecule has 0 spiro atoms. The first kappa shape index (κ1) is 20.2. The van der Waals surface area contributed by atoms with Crippen molar-refractivity contribution in [3.05, 3.63) is 17.8 Å². The highest BCUT2D eigenvalue weighted by molar-refractivity contribution is 14.0. The molecule has 0 atom stereocenters. The Morgan fingerprint density at radius 1 is 1.39 bits per heavy atom. The second-order valence-corrected chi connectivity index (χ2v) is 7.08. The number of hydrogen-bond donors (Lipinski definition) is 3. The van der Waals surface area contributed by atoms with Gasteiger partial charge in [-0.3, -0.25) is 0 Å². The van der Waals surface area contributed by atoms with E-state index in [4.69, 9.17) is 4.42 Å². The van der Waals surface area contributed by atoms with Crippen LogP contribution in [0.2, 0.25) is 0 Å². The average Bonchev–Trinajstić information content (AvgIpc) is 3.08. The molecular formula is C16H29IN4O2. The molecule has 1 fully saturated rings. The van der Waals surface area contributed by atoms with Crippen molar-refractivity contribution in [1.29, 1.82) is 0 Å².